The Balaban J connectivity index is 2.58. The van der Waals surface area contributed by atoms with Crippen molar-refractivity contribution in [3.05, 3.63) is 36.7 Å². The zero-order valence-corrected chi connectivity index (χ0v) is 7.25. The van der Waals surface area contributed by atoms with Crippen LogP contribution in [-0.2, 0) is 0 Å². The standard InChI is InChI=1S/C10H8N2O2/c13-8-4-1-3-7(9(8)14)10-11-5-2-6-12-10/h1-6,13-14H. The van der Waals surface area contributed by atoms with Gasteiger partial charge in [-0.15, -0.1) is 0 Å². The van der Waals surface area contributed by atoms with Crippen LogP contribution in [0, 0.1) is 0 Å². The third-order valence-corrected chi connectivity index (χ3v) is 1.82. The van der Waals surface area contributed by atoms with Gasteiger partial charge in [0.2, 0.25) is 0 Å². The molecule has 0 aliphatic heterocycles. The molecule has 70 valence electrons. The van der Waals surface area contributed by atoms with Gasteiger partial charge in [0.15, 0.2) is 17.3 Å². The summed E-state index contributed by atoms with van der Waals surface area (Å²) in [7, 11) is 0. The minimum Gasteiger partial charge on any atom is -0.504 e. The van der Waals surface area contributed by atoms with Gasteiger partial charge in [-0.25, -0.2) is 9.97 Å². The smallest absolute Gasteiger partial charge is 0.168 e. The Morgan fingerprint density at radius 3 is 2.36 bits per heavy atom. The van der Waals surface area contributed by atoms with Crippen LogP contribution >= 0.6 is 0 Å². The van der Waals surface area contributed by atoms with E-state index in [4.69, 9.17) is 0 Å². The quantitative estimate of drug-likeness (QED) is 0.666. The summed E-state index contributed by atoms with van der Waals surface area (Å²) in [6, 6.07) is 6.36. The van der Waals surface area contributed by atoms with Crippen LogP contribution in [0.1, 0.15) is 0 Å². The first-order valence-corrected chi connectivity index (χ1v) is 4.07. The van der Waals surface area contributed by atoms with Crippen LogP contribution in [0.25, 0.3) is 11.4 Å². The van der Waals surface area contributed by atoms with Crippen molar-refractivity contribution in [2.45, 2.75) is 0 Å². The van der Waals surface area contributed by atoms with E-state index in [1.807, 2.05) is 0 Å². The molecule has 4 nitrogen and oxygen atoms in total. The molecule has 0 fully saturated rings. The number of para-hydroxylation sites is 1. The number of phenols is 2. The van der Waals surface area contributed by atoms with E-state index in [0.717, 1.165) is 0 Å². The fraction of sp³-hybridized carbons (Fsp3) is 0. The molecule has 1 aromatic carbocycles. The van der Waals surface area contributed by atoms with E-state index < -0.39 is 0 Å². The molecule has 2 aromatic rings. The van der Waals surface area contributed by atoms with E-state index in [1.165, 1.54) is 6.07 Å². The average Bonchev–Trinajstić information content (AvgIpc) is 2.23. The number of hydrogen-bond acceptors (Lipinski definition) is 4. The second-order valence-corrected chi connectivity index (χ2v) is 2.75. The Labute approximate surface area is 80.5 Å². The SMILES string of the molecule is Oc1cccc(-c2ncccn2)c1O. The number of hydrogen-bond donors (Lipinski definition) is 2. The molecule has 14 heavy (non-hydrogen) atoms. The summed E-state index contributed by atoms with van der Waals surface area (Å²) >= 11 is 0. The zero-order valence-electron chi connectivity index (χ0n) is 7.25. The highest BCUT2D eigenvalue weighted by Gasteiger charge is 2.09. The summed E-state index contributed by atoms with van der Waals surface area (Å²) in [5, 5.41) is 18.8. The molecule has 0 aliphatic carbocycles. The van der Waals surface area contributed by atoms with Crippen molar-refractivity contribution in [1.29, 1.82) is 0 Å². The van der Waals surface area contributed by atoms with Gasteiger partial charge in [0.1, 0.15) is 0 Å². The van der Waals surface area contributed by atoms with Gasteiger partial charge in [0.05, 0.1) is 5.56 Å². The monoisotopic (exact) mass is 188 g/mol. The molecule has 1 aromatic heterocycles. The number of benzene rings is 1. The zero-order chi connectivity index (χ0) is 9.97. The fourth-order valence-corrected chi connectivity index (χ4v) is 1.15. The molecule has 0 amide bonds. The van der Waals surface area contributed by atoms with Gasteiger partial charge in [-0.2, -0.15) is 0 Å². The lowest BCUT2D eigenvalue weighted by atomic mass is 10.2. The number of phenolic OH excluding ortho intramolecular Hbond substituents is 2. The molecule has 0 spiro atoms. The maximum Gasteiger partial charge on any atom is 0.168 e. The minimum absolute atomic E-state index is 0.171. The van der Waals surface area contributed by atoms with Crippen molar-refractivity contribution in [1.82, 2.24) is 9.97 Å². The lowest BCUT2D eigenvalue weighted by Gasteiger charge is -2.03. The number of aromatic hydroxyl groups is 2. The summed E-state index contributed by atoms with van der Waals surface area (Å²) in [6.07, 6.45) is 3.15. The van der Waals surface area contributed by atoms with Crippen LogP contribution in [0.4, 0.5) is 0 Å². The van der Waals surface area contributed by atoms with Gasteiger partial charge < -0.3 is 10.2 Å². The molecule has 4 heteroatoms. The van der Waals surface area contributed by atoms with Crippen LogP contribution in [0.15, 0.2) is 36.7 Å². The molecule has 0 atom stereocenters. The maximum absolute atomic E-state index is 9.52. The molecule has 2 N–H and O–H groups in total. The van der Waals surface area contributed by atoms with Crippen molar-refractivity contribution >= 4 is 0 Å². The first kappa shape index (κ1) is 8.50. The molecule has 0 bridgehead atoms. The number of rotatable bonds is 1. The molecular weight excluding hydrogens is 180 g/mol. The minimum atomic E-state index is -0.196. The number of aromatic nitrogens is 2. The first-order chi connectivity index (χ1) is 6.79. The topological polar surface area (TPSA) is 66.2 Å². The summed E-state index contributed by atoms with van der Waals surface area (Å²) in [5.74, 6) is 0.0227. The Bertz CT molecular complexity index is 443. The van der Waals surface area contributed by atoms with Gasteiger partial charge in [-0.1, -0.05) is 6.07 Å². The fourth-order valence-electron chi connectivity index (χ4n) is 1.15. The third-order valence-electron chi connectivity index (χ3n) is 1.82. The third kappa shape index (κ3) is 1.37. The van der Waals surface area contributed by atoms with Gasteiger partial charge in [-0.3, -0.25) is 0 Å². The van der Waals surface area contributed by atoms with E-state index in [-0.39, 0.29) is 11.5 Å². The second kappa shape index (κ2) is 3.33. The molecule has 2 rings (SSSR count). The number of nitrogens with zero attached hydrogens (tertiary/aromatic N) is 2. The van der Waals surface area contributed by atoms with E-state index in [2.05, 4.69) is 9.97 Å². The molecule has 0 radical (unpaired) electrons. The molecule has 0 saturated carbocycles. The van der Waals surface area contributed by atoms with Crippen LogP contribution in [-0.4, -0.2) is 20.2 Å². The summed E-state index contributed by atoms with van der Waals surface area (Å²) in [5.41, 5.74) is 0.422. The van der Waals surface area contributed by atoms with E-state index in [0.29, 0.717) is 11.4 Å². The van der Waals surface area contributed by atoms with Crippen LogP contribution in [0.2, 0.25) is 0 Å². The van der Waals surface area contributed by atoms with Gasteiger partial charge in [0, 0.05) is 12.4 Å². The Morgan fingerprint density at radius 1 is 0.929 bits per heavy atom. The van der Waals surface area contributed by atoms with E-state index in [9.17, 15) is 10.2 Å². The Kier molecular flexibility index (Phi) is 2.02. The summed E-state index contributed by atoms with van der Waals surface area (Å²) in [4.78, 5) is 7.94. The van der Waals surface area contributed by atoms with E-state index >= 15 is 0 Å². The van der Waals surface area contributed by atoms with Crippen molar-refractivity contribution < 1.29 is 10.2 Å². The highest BCUT2D eigenvalue weighted by Crippen LogP contribution is 2.33. The van der Waals surface area contributed by atoms with Gasteiger partial charge in [0.25, 0.3) is 0 Å². The van der Waals surface area contributed by atoms with Crippen LogP contribution < -0.4 is 0 Å². The lowest BCUT2D eigenvalue weighted by molar-refractivity contribution is 0.405. The first-order valence-electron chi connectivity index (χ1n) is 4.07. The maximum atomic E-state index is 9.52. The molecular formula is C10H8N2O2. The molecule has 0 aliphatic rings. The highest BCUT2D eigenvalue weighted by atomic mass is 16.3. The van der Waals surface area contributed by atoms with Crippen molar-refractivity contribution in [2.24, 2.45) is 0 Å². The predicted molar refractivity (Wildman–Crippen MR) is 50.8 cm³/mol. The van der Waals surface area contributed by atoms with Crippen LogP contribution in [0.5, 0.6) is 11.5 Å². The highest BCUT2D eigenvalue weighted by molar-refractivity contribution is 5.67. The van der Waals surface area contributed by atoms with E-state index in [1.54, 1.807) is 30.6 Å². The van der Waals surface area contributed by atoms with Crippen molar-refractivity contribution in [3.8, 4) is 22.9 Å². The van der Waals surface area contributed by atoms with Crippen molar-refractivity contribution in [2.75, 3.05) is 0 Å². The molecule has 1 heterocycles. The van der Waals surface area contributed by atoms with Crippen molar-refractivity contribution in [3.63, 3.8) is 0 Å². The summed E-state index contributed by atoms with van der Waals surface area (Å²) < 4.78 is 0. The Morgan fingerprint density at radius 2 is 1.64 bits per heavy atom. The lowest BCUT2D eigenvalue weighted by Crippen LogP contribution is -1.87. The molecule has 0 saturated heterocycles. The normalized spacial score (nSPS) is 10.0. The van der Waals surface area contributed by atoms with Gasteiger partial charge >= 0.3 is 0 Å². The Hall–Kier alpha value is -2.10. The largest absolute Gasteiger partial charge is 0.504 e. The average molecular weight is 188 g/mol. The van der Waals surface area contributed by atoms with Gasteiger partial charge in [-0.05, 0) is 18.2 Å². The van der Waals surface area contributed by atoms with Crippen LogP contribution in [0.3, 0.4) is 0 Å². The summed E-state index contributed by atoms with van der Waals surface area (Å²) in [6.45, 7) is 0. The predicted octanol–water partition coefficient (Wildman–Crippen LogP) is 1.55. The second-order valence-electron chi connectivity index (χ2n) is 2.75. The molecule has 0 unspecified atom stereocenters.